The van der Waals surface area contributed by atoms with Gasteiger partial charge in [-0.3, -0.25) is 29.4 Å². The molecular weight excluding hydrogens is 468 g/mol. The number of halogens is 1. The second-order valence-electron chi connectivity index (χ2n) is 7.49. The summed E-state index contributed by atoms with van der Waals surface area (Å²) in [6, 6.07) is 11.4. The van der Waals surface area contributed by atoms with Gasteiger partial charge in [0.05, 0.1) is 15.6 Å². The third kappa shape index (κ3) is 4.84. The number of benzene rings is 2. The van der Waals surface area contributed by atoms with Gasteiger partial charge in [-0.25, -0.2) is 4.79 Å². The van der Waals surface area contributed by atoms with E-state index in [9.17, 15) is 29.3 Å². The zero-order chi connectivity index (χ0) is 25.0. The molecule has 12 heteroatoms. The molecule has 0 spiro atoms. The average molecular weight is 489 g/mol. The maximum atomic E-state index is 13.1. The second-order valence-corrected chi connectivity index (χ2v) is 7.90. The summed E-state index contributed by atoms with van der Waals surface area (Å²) in [5.74, 6) is -2.40. The predicted molar refractivity (Wildman–Crippen MR) is 121 cm³/mol. The second kappa shape index (κ2) is 9.87. The number of nitro groups is 1. The number of imide groups is 1. The molecule has 2 aromatic rings. The van der Waals surface area contributed by atoms with Gasteiger partial charge < -0.3 is 15.4 Å². The molecule has 1 heterocycles. The van der Waals surface area contributed by atoms with Crippen molar-refractivity contribution in [1.29, 1.82) is 0 Å². The summed E-state index contributed by atoms with van der Waals surface area (Å²) in [6.07, 6.45) is -1.08. The minimum atomic E-state index is -1.34. The van der Waals surface area contributed by atoms with Crippen molar-refractivity contribution in [2.75, 3.05) is 11.9 Å². The molecule has 2 unspecified atom stereocenters. The van der Waals surface area contributed by atoms with Gasteiger partial charge in [0.1, 0.15) is 12.1 Å². The van der Waals surface area contributed by atoms with E-state index in [2.05, 4.69) is 10.6 Å². The fourth-order valence-electron chi connectivity index (χ4n) is 3.51. The van der Waals surface area contributed by atoms with E-state index in [1.807, 2.05) is 0 Å². The van der Waals surface area contributed by atoms with E-state index in [0.717, 1.165) is 11.0 Å². The van der Waals surface area contributed by atoms with E-state index in [1.165, 1.54) is 19.1 Å². The van der Waals surface area contributed by atoms with Crippen molar-refractivity contribution >= 4 is 46.8 Å². The molecule has 0 aliphatic carbocycles. The summed E-state index contributed by atoms with van der Waals surface area (Å²) >= 11 is 5.96. The minimum absolute atomic E-state index is 0.0338. The van der Waals surface area contributed by atoms with Gasteiger partial charge in [0.15, 0.2) is 6.10 Å². The Bertz CT molecular complexity index is 1160. The molecule has 2 aromatic carbocycles. The van der Waals surface area contributed by atoms with Crippen molar-refractivity contribution in [3.05, 3.63) is 69.2 Å². The van der Waals surface area contributed by atoms with Gasteiger partial charge in [-0.05, 0) is 25.0 Å². The average Bonchev–Trinajstić information content (AvgIpc) is 3.05. The number of carbonyl (C=O) groups excluding carboxylic acids is 4. The standard InChI is InChI=1S/C22H21ClN4O7/c1-3-22(14-7-5-4-6-8-14)20(30)26(21(31)25-22)12-18(28)34-13(2)19(29)24-17-11-15(27(32)33)9-10-16(17)23/h4-11,13H,3,12H2,1-2H3,(H,24,29)(H,25,31). The summed E-state index contributed by atoms with van der Waals surface area (Å²) in [6.45, 7) is 2.30. The lowest BCUT2D eigenvalue weighted by atomic mass is 9.87. The number of ether oxygens (including phenoxy) is 1. The summed E-state index contributed by atoms with van der Waals surface area (Å²) in [7, 11) is 0. The van der Waals surface area contributed by atoms with E-state index in [-0.39, 0.29) is 22.8 Å². The summed E-state index contributed by atoms with van der Waals surface area (Å²) < 4.78 is 5.07. The number of nitro benzene ring substituents is 1. The maximum absolute atomic E-state index is 13.1. The molecule has 2 atom stereocenters. The van der Waals surface area contributed by atoms with Crippen LogP contribution in [0, 0.1) is 10.1 Å². The van der Waals surface area contributed by atoms with Gasteiger partial charge in [-0.2, -0.15) is 0 Å². The molecule has 0 saturated carbocycles. The number of amides is 4. The number of carbonyl (C=O) groups is 4. The smallest absolute Gasteiger partial charge is 0.327 e. The molecule has 34 heavy (non-hydrogen) atoms. The molecule has 1 aliphatic heterocycles. The highest BCUT2D eigenvalue weighted by atomic mass is 35.5. The molecule has 0 bridgehead atoms. The number of non-ortho nitro benzene ring substituents is 1. The predicted octanol–water partition coefficient (Wildman–Crippen LogP) is 2.98. The number of hydrogen-bond donors (Lipinski definition) is 2. The fourth-order valence-corrected chi connectivity index (χ4v) is 3.67. The lowest BCUT2D eigenvalue weighted by Gasteiger charge is -2.25. The fraction of sp³-hybridized carbons (Fsp3) is 0.273. The number of anilines is 1. The third-order valence-electron chi connectivity index (χ3n) is 5.36. The van der Waals surface area contributed by atoms with Crippen molar-refractivity contribution in [1.82, 2.24) is 10.2 Å². The van der Waals surface area contributed by atoms with Gasteiger partial charge in [0, 0.05) is 12.1 Å². The SMILES string of the molecule is CCC1(c2ccccc2)NC(=O)N(CC(=O)OC(C)C(=O)Nc2cc([N+](=O)[O-])ccc2Cl)C1=O. The van der Waals surface area contributed by atoms with E-state index >= 15 is 0 Å². The van der Waals surface area contributed by atoms with Gasteiger partial charge in [-0.15, -0.1) is 0 Å². The number of urea groups is 1. The first-order valence-electron chi connectivity index (χ1n) is 10.2. The number of nitrogens with zero attached hydrogens (tertiary/aromatic N) is 2. The van der Waals surface area contributed by atoms with Crippen LogP contribution < -0.4 is 10.6 Å². The Labute approximate surface area is 199 Å². The van der Waals surface area contributed by atoms with Crippen LogP contribution in [0.3, 0.4) is 0 Å². The number of esters is 1. The van der Waals surface area contributed by atoms with Crippen LogP contribution in [0.15, 0.2) is 48.5 Å². The first kappa shape index (κ1) is 24.6. The zero-order valence-electron chi connectivity index (χ0n) is 18.2. The van der Waals surface area contributed by atoms with Gasteiger partial charge in [-0.1, -0.05) is 48.9 Å². The van der Waals surface area contributed by atoms with Crippen molar-refractivity contribution in [3.63, 3.8) is 0 Å². The van der Waals surface area contributed by atoms with Crippen LogP contribution in [0.5, 0.6) is 0 Å². The topological polar surface area (TPSA) is 148 Å². The monoisotopic (exact) mass is 488 g/mol. The summed E-state index contributed by atoms with van der Waals surface area (Å²) in [4.78, 5) is 61.4. The van der Waals surface area contributed by atoms with Crippen molar-refractivity contribution in [2.45, 2.75) is 31.9 Å². The molecule has 178 valence electrons. The van der Waals surface area contributed by atoms with Crippen LogP contribution in [0.2, 0.25) is 5.02 Å². The summed E-state index contributed by atoms with van der Waals surface area (Å²) in [5.41, 5.74) is -1.05. The molecule has 11 nitrogen and oxygen atoms in total. The highest BCUT2D eigenvalue weighted by Crippen LogP contribution is 2.32. The zero-order valence-corrected chi connectivity index (χ0v) is 19.0. The third-order valence-corrected chi connectivity index (χ3v) is 5.69. The Balaban J connectivity index is 1.66. The maximum Gasteiger partial charge on any atom is 0.327 e. The van der Waals surface area contributed by atoms with Crippen molar-refractivity contribution in [3.8, 4) is 0 Å². The van der Waals surface area contributed by atoms with Gasteiger partial charge in [0.2, 0.25) is 0 Å². The normalized spacial score (nSPS) is 18.3. The van der Waals surface area contributed by atoms with Crippen LogP contribution >= 0.6 is 11.6 Å². The Kier molecular flexibility index (Phi) is 7.16. The highest BCUT2D eigenvalue weighted by molar-refractivity contribution is 6.33. The highest BCUT2D eigenvalue weighted by Gasteiger charge is 2.51. The van der Waals surface area contributed by atoms with E-state index < -0.39 is 46.9 Å². The van der Waals surface area contributed by atoms with Crippen LogP contribution in [-0.4, -0.2) is 46.3 Å². The van der Waals surface area contributed by atoms with Crippen LogP contribution in [0.4, 0.5) is 16.2 Å². The van der Waals surface area contributed by atoms with Crippen molar-refractivity contribution in [2.24, 2.45) is 0 Å². The van der Waals surface area contributed by atoms with E-state index in [4.69, 9.17) is 16.3 Å². The number of hydrogen-bond acceptors (Lipinski definition) is 7. The molecule has 1 saturated heterocycles. The minimum Gasteiger partial charge on any atom is -0.451 e. The Hall–Kier alpha value is -3.99. The lowest BCUT2D eigenvalue weighted by Crippen LogP contribution is -2.44. The lowest BCUT2D eigenvalue weighted by molar-refractivity contribution is -0.384. The first-order valence-corrected chi connectivity index (χ1v) is 10.6. The van der Waals surface area contributed by atoms with E-state index in [1.54, 1.807) is 37.3 Å². The molecule has 4 amide bonds. The van der Waals surface area contributed by atoms with E-state index in [0.29, 0.717) is 5.56 Å². The molecule has 1 fully saturated rings. The molecule has 1 aliphatic rings. The largest absolute Gasteiger partial charge is 0.451 e. The van der Waals surface area contributed by atoms with Crippen LogP contribution in [0.25, 0.3) is 0 Å². The van der Waals surface area contributed by atoms with Crippen LogP contribution in [-0.2, 0) is 24.7 Å². The first-order chi connectivity index (χ1) is 16.1. The molecular formula is C22H21ClN4O7. The quantitative estimate of drug-likeness (QED) is 0.251. The van der Waals surface area contributed by atoms with Gasteiger partial charge in [0.25, 0.3) is 17.5 Å². The Morgan fingerprint density at radius 2 is 1.91 bits per heavy atom. The Morgan fingerprint density at radius 1 is 1.24 bits per heavy atom. The molecule has 2 N–H and O–H groups in total. The van der Waals surface area contributed by atoms with Crippen LogP contribution in [0.1, 0.15) is 25.8 Å². The summed E-state index contributed by atoms with van der Waals surface area (Å²) in [5, 5.41) is 16.0. The molecule has 3 rings (SSSR count). The van der Waals surface area contributed by atoms with Crippen molar-refractivity contribution < 1.29 is 28.8 Å². The molecule has 0 radical (unpaired) electrons. The number of nitrogens with one attached hydrogen (secondary N) is 2. The number of rotatable bonds is 8. The molecule has 0 aromatic heterocycles. The Morgan fingerprint density at radius 3 is 2.53 bits per heavy atom. The van der Waals surface area contributed by atoms with Gasteiger partial charge >= 0.3 is 12.0 Å².